The van der Waals surface area contributed by atoms with Gasteiger partial charge in [0.1, 0.15) is 5.00 Å². The predicted molar refractivity (Wildman–Crippen MR) is 139 cm³/mol. The Hall–Kier alpha value is -2.91. The lowest BCUT2D eigenvalue weighted by Gasteiger charge is -2.09. The second-order valence-electron chi connectivity index (χ2n) is 6.92. The van der Waals surface area contributed by atoms with Crippen molar-refractivity contribution in [1.82, 2.24) is 9.78 Å². The molecule has 0 amide bonds. The number of carbonyl (C=O) groups is 1. The monoisotopic (exact) mass is 516 g/mol. The highest BCUT2D eigenvalue weighted by Crippen LogP contribution is 2.36. The minimum absolute atomic E-state index is 0.317. The van der Waals surface area contributed by atoms with Gasteiger partial charge in [-0.3, -0.25) is 4.68 Å². The first kappa shape index (κ1) is 23.3. The quantitative estimate of drug-likeness (QED) is 0.223. The Kier molecular flexibility index (Phi) is 7.29. The third-order valence-electron chi connectivity index (χ3n) is 4.70. The van der Waals surface area contributed by atoms with Gasteiger partial charge in [0.2, 0.25) is 0 Å². The lowest BCUT2D eigenvalue weighted by atomic mass is 10.1. The molecule has 4 aromatic rings. The molecule has 2 aromatic heterocycles. The maximum absolute atomic E-state index is 12.3. The van der Waals surface area contributed by atoms with Crippen LogP contribution in [0.25, 0.3) is 10.4 Å². The van der Waals surface area contributed by atoms with Gasteiger partial charge in [-0.05, 0) is 36.0 Å². The molecule has 0 atom stereocenters. The van der Waals surface area contributed by atoms with Crippen LogP contribution in [0.15, 0.2) is 67.0 Å². The Morgan fingerprint density at radius 3 is 2.55 bits per heavy atom. The molecule has 0 aliphatic carbocycles. The van der Waals surface area contributed by atoms with Gasteiger partial charge in [0.15, 0.2) is 5.11 Å². The number of rotatable bonds is 6. The third kappa shape index (κ3) is 5.54. The minimum atomic E-state index is -0.442. The van der Waals surface area contributed by atoms with Gasteiger partial charge in [-0.1, -0.05) is 59.6 Å². The first-order valence-electron chi connectivity index (χ1n) is 9.75. The van der Waals surface area contributed by atoms with Crippen molar-refractivity contribution in [2.24, 2.45) is 0 Å². The number of ether oxygens (including phenoxy) is 1. The summed E-state index contributed by atoms with van der Waals surface area (Å²) in [6, 6.07) is 16.9. The number of benzene rings is 2. The molecular weight excluding hydrogens is 499 g/mol. The van der Waals surface area contributed by atoms with Crippen molar-refractivity contribution >= 4 is 68.5 Å². The largest absolute Gasteiger partial charge is 0.465 e. The molecule has 2 N–H and O–H groups in total. The number of esters is 1. The maximum Gasteiger partial charge on any atom is 0.340 e. The number of hydrogen-bond acceptors (Lipinski definition) is 5. The molecule has 33 heavy (non-hydrogen) atoms. The van der Waals surface area contributed by atoms with Gasteiger partial charge in [0.05, 0.1) is 31.1 Å². The predicted octanol–water partition coefficient (Wildman–Crippen LogP) is 6.56. The van der Waals surface area contributed by atoms with Crippen LogP contribution in [0, 0.1) is 0 Å². The van der Waals surface area contributed by atoms with E-state index in [4.69, 9.17) is 40.2 Å². The molecule has 6 nitrogen and oxygen atoms in total. The van der Waals surface area contributed by atoms with E-state index in [9.17, 15) is 4.79 Å². The number of thiocarbonyl (C=S) groups is 1. The summed E-state index contributed by atoms with van der Waals surface area (Å²) in [6.07, 6.45) is 3.43. The molecule has 0 aliphatic heterocycles. The summed E-state index contributed by atoms with van der Waals surface area (Å²) < 4.78 is 6.64. The van der Waals surface area contributed by atoms with E-state index < -0.39 is 5.97 Å². The number of thiophene rings is 1. The highest BCUT2D eigenvalue weighted by atomic mass is 35.5. The molecule has 2 heterocycles. The first-order chi connectivity index (χ1) is 15.9. The Balaban J connectivity index is 1.48. The summed E-state index contributed by atoms with van der Waals surface area (Å²) in [5.41, 5.74) is 2.87. The lowest BCUT2D eigenvalue weighted by Crippen LogP contribution is -2.19. The Morgan fingerprint density at radius 1 is 1.12 bits per heavy atom. The van der Waals surface area contributed by atoms with Crippen molar-refractivity contribution < 1.29 is 9.53 Å². The third-order valence-corrected chi connectivity index (χ3v) is 6.71. The van der Waals surface area contributed by atoms with Gasteiger partial charge in [-0.2, -0.15) is 5.10 Å². The first-order valence-corrected chi connectivity index (χ1v) is 11.7. The highest BCUT2D eigenvalue weighted by molar-refractivity contribution is 7.80. The summed E-state index contributed by atoms with van der Waals surface area (Å²) in [7, 11) is 1.35. The van der Waals surface area contributed by atoms with Crippen molar-refractivity contribution in [3.8, 4) is 10.4 Å². The fraction of sp³-hybridized carbons (Fsp3) is 0.0870. The zero-order valence-electron chi connectivity index (χ0n) is 17.3. The number of halogens is 2. The number of anilines is 2. The number of aromatic nitrogens is 2. The molecule has 0 radical (unpaired) electrons. The zero-order valence-corrected chi connectivity index (χ0v) is 20.5. The molecule has 0 spiro atoms. The van der Waals surface area contributed by atoms with Gasteiger partial charge in [-0.25, -0.2) is 4.79 Å². The van der Waals surface area contributed by atoms with Crippen LogP contribution in [0.5, 0.6) is 0 Å². The van der Waals surface area contributed by atoms with Gasteiger partial charge in [0.25, 0.3) is 0 Å². The fourth-order valence-electron chi connectivity index (χ4n) is 3.12. The molecule has 0 saturated carbocycles. The molecule has 4 rings (SSSR count). The average molecular weight is 517 g/mol. The van der Waals surface area contributed by atoms with Crippen LogP contribution < -0.4 is 10.6 Å². The molecule has 2 aromatic carbocycles. The van der Waals surface area contributed by atoms with Crippen molar-refractivity contribution in [2.45, 2.75) is 6.54 Å². The lowest BCUT2D eigenvalue weighted by molar-refractivity contribution is 0.0602. The molecule has 0 fully saturated rings. The topological polar surface area (TPSA) is 68.2 Å². The van der Waals surface area contributed by atoms with Crippen LogP contribution in [0.4, 0.5) is 10.7 Å². The van der Waals surface area contributed by atoms with Crippen LogP contribution >= 0.6 is 46.8 Å². The van der Waals surface area contributed by atoms with Crippen molar-refractivity contribution in [2.75, 3.05) is 17.7 Å². The molecular formula is C23H18Cl2N4O2S2. The maximum atomic E-state index is 12.3. The average Bonchev–Trinajstić information content (AvgIpc) is 3.43. The smallest absolute Gasteiger partial charge is 0.340 e. The molecule has 0 saturated heterocycles. The normalized spacial score (nSPS) is 10.6. The molecule has 0 unspecified atom stereocenters. The minimum Gasteiger partial charge on any atom is -0.465 e. The van der Waals surface area contributed by atoms with E-state index in [0.717, 1.165) is 16.0 Å². The van der Waals surface area contributed by atoms with Gasteiger partial charge in [0, 0.05) is 26.7 Å². The Labute approximate surface area is 210 Å². The number of nitrogens with one attached hydrogen (secondary N) is 2. The summed E-state index contributed by atoms with van der Waals surface area (Å²) in [6.45, 7) is 0.415. The van der Waals surface area contributed by atoms with E-state index in [-0.39, 0.29) is 0 Å². The summed E-state index contributed by atoms with van der Waals surface area (Å²) in [5.74, 6) is -0.442. The van der Waals surface area contributed by atoms with Crippen molar-refractivity contribution in [3.05, 3.63) is 88.2 Å². The molecule has 168 valence electrons. The Bertz CT molecular complexity index is 1280. The van der Waals surface area contributed by atoms with E-state index in [0.29, 0.717) is 38.0 Å². The van der Waals surface area contributed by atoms with E-state index in [1.165, 1.54) is 18.4 Å². The SMILES string of the molecule is COC(=O)c1cc(-c2ccccc2)sc1NC(=S)Nc1cnn(Cc2c(Cl)cccc2Cl)c1. The second-order valence-corrected chi connectivity index (χ2v) is 9.19. The summed E-state index contributed by atoms with van der Waals surface area (Å²) >= 11 is 19.4. The van der Waals surface area contributed by atoms with Gasteiger partial charge >= 0.3 is 5.97 Å². The van der Waals surface area contributed by atoms with Crippen LogP contribution in [0.3, 0.4) is 0 Å². The molecule has 0 bridgehead atoms. The van der Waals surface area contributed by atoms with Crippen molar-refractivity contribution in [3.63, 3.8) is 0 Å². The standard InChI is InChI=1S/C23H18Cl2N4O2S2/c1-31-22(30)16-10-20(14-6-3-2-4-7-14)33-21(16)28-23(32)27-15-11-26-29(12-15)13-17-18(24)8-5-9-19(17)25/h2-12H,13H2,1H3,(H2,27,28,32). The Morgan fingerprint density at radius 2 is 1.85 bits per heavy atom. The number of carbonyl (C=O) groups excluding carboxylic acids is 1. The zero-order chi connectivity index (χ0) is 23.4. The number of hydrogen-bond donors (Lipinski definition) is 2. The molecule has 0 aliphatic rings. The van der Waals surface area contributed by atoms with Crippen LogP contribution in [-0.4, -0.2) is 28.0 Å². The van der Waals surface area contributed by atoms with Crippen LogP contribution in [-0.2, 0) is 11.3 Å². The van der Waals surface area contributed by atoms with Crippen molar-refractivity contribution in [1.29, 1.82) is 0 Å². The highest BCUT2D eigenvalue weighted by Gasteiger charge is 2.18. The summed E-state index contributed by atoms with van der Waals surface area (Å²) in [4.78, 5) is 13.2. The van der Waals surface area contributed by atoms with E-state index in [1.54, 1.807) is 41.3 Å². The summed E-state index contributed by atoms with van der Waals surface area (Å²) in [5, 5.41) is 12.6. The number of nitrogens with zero attached hydrogens (tertiary/aromatic N) is 2. The van der Waals surface area contributed by atoms with E-state index in [2.05, 4.69) is 15.7 Å². The van der Waals surface area contributed by atoms with Gasteiger partial charge in [-0.15, -0.1) is 11.3 Å². The fourth-order valence-corrected chi connectivity index (χ4v) is 4.97. The number of methoxy groups -OCH3 is 1. The van der Waals surface area contributed by atoms with E-state index in [1.807, 2.05) is 30.3 Å². The second kappa shape index (κ2) is 10.4. The molecule has 10 heteroatoms. The van der Waals surface area contributed by atoms with Crippen LogP contribution in [0.2, 0.25) is 10.0 Å². The van der Waals surface area contributed by atoms with E-state index >= 15 is 0 Å². The van der Waals surface area contributed by atoms with Crippen LogP contribution in [0.1, 0.15) is 15.9 Å². The van der Waals surface area contributed by atoms with Gasteiger partial charge < -0.3 is 15.4 Å².